The van der Waals surface area contributed by atoms with Crippen LogP contribution in [0.4, 0.5) is 4.39 Å². The number of rotatable bonds is 6. The molecule has 2 aromatic carbocycles. The minimum atomic E-state index is -0.774. The lowest BCUT2D eigenvalue weighted by Crippen LogP contribution is -2.27. The molecule has 3 aromatic rings. The van der Waals surface area contributed by atoms with Crippen molar-refractivity contribution in [2.75, 3.05) is 6.54 Å². The van der Waals surface area contributed by atoms with Crippen molar-refractivity contribution >= 4 is 17.5 Å². The van der Waals surface area contributed by atoms with E-state index in [1.165, 1.54) is 12.1 Å². The second-order valence-electron chi connectivity index (χ2n) is 8.49. The highest BCUT2D eigenvalue weighted by atomic mass is 19.1. The van der Waals surface area contributed by atoms with Crippen LogP contribution in [0.1, 0.15) is 45.9 Å². The molecular weight excluding hydrogens is 419 g/mol. The molecule has 0 saturated heterocycles. The summed E-state index contributed by atoms with van der Waals surface area (Å²) in [5.41, 5.74) is 4.60. The van der Waals surface area contributed by atoms with Crippen LogP contribution in [0.5, 0.6) is 0 Å². The summed E-state index contributed by atoms with van der Waals surface area (Å²) < 4.78 is 13.3. The zero-order valence-corrected chi connectivity index (χ0v) is 18.6. The van der Waals surface area contributed by atoms with E-state index < -0.39 is 11.8 Å². The van der Waals surface area contributed by atoms with Crippen molar-refractivity contribution in [1.82, 2.24) is 10.3 Å². The molecule has 4 rings (SSSR count). The van der Waals surface area contributed by atoms with Gasteiger partial charge in [0.25, 0.3) is 5.91 Å². The summed E-state index contributed by atoms with van der Waals surface area (Å²) in [5.74, 6) is -1.96. The van der Waals surface area contributed by atoms with Crippen molar-refractivity contribution in [2.24, 2.45) is 5.92 Å². The highest BCUT2D eigenvalue weighted by Crippen LogP contribution is 2.38. The summed E-state index contributed by atoms with van der Waals surface area (Å²) in [5, 5.41) is 2.78. The average Bonchev–Trinajstić information content (AvgIpc) is 3.07. The van der Waals surface area contributed by atoms with Crippen LogP contribution >= 0.6 is 0 Å². The Hall–Kier alpha value is -3.67. The van der Waals surface area contributed by atoms with Gasteiger partial charge in [-0.25, -0.2) is 4.39 Å². The number of nitrogens with zero attached hydrogens (tertiary/aromatic N) is 1. The van der Waals surface area contributed by atoms with Crippen LogP contribution in [0.15, 0.2) is 60.8 Å². The number of aryl methyl sites for hydroxylation is 2. The second kappa shape index (κ2) is 9.45. The quantitative estimate of drug-likeness (QED) is 0.565. The number of carbonyl (C=O) groups excluding carboxylic acids is 3. The molecule has 2 atom stereocenters. The van der Waals surface area contributed by atoms with Gasteiger partial charge < -0.3 is 5.32 Å². The number of halogens is 1. The lowest BCUT2D eigenvalue weighted by Gasteiger charge is -2.17. The topological polar surface area (TPSA) is 76.1 Å². The number of benzene rings is 2. The predicted molar refractivity (Wildman–Crippen MR) is 123 cm³/mol. The SMILES string of the molecule is Cc1cc(-c2ccc(F)cc2)cc(C)c1C1C(=O)CC(CCNC(=O)c2ccccn2)C1=O. The Bertz CT molecular complexity index is 1180. The minimum absolute atomic E-state index is 0.0817. The van der Waals surface area contributed by atoms with Crippen molar-refractivity contribution in [1.29, 1.82) is 0 Å². The third-order valence-electron chi connectivity index (χ3n) is 6.19. The van der Waals surface area contributed by atoms with Gasteiger partial charge >= 0.3 is 0 Å². The molecule has 33 heavy (non-hydrogen) atoms. The fraction of sp³-hybridized carbons (Fsp3) is 0.259. The fourth-order valence-electron chi connectivity index (χ4n) is 4.59. The van der Waals surface area contributed by atoms with Crippen LogP contribution in [0.25, 0.3) is 11.1 Å². The molecule has 5 nitrogen and oxygen atoms in total. The first kappa shape index (κ1) is 22.5. The molecule has 1 heterocycles. The van der Waals surface area contributed by atoms with Crippen molar-refractivity contribution < 1.29 is 18.8 Å². The maximum Gasteiger partial charge on any atom is 0.269 e. The monoisotopic (exact) mass is 444 g/mol. The summed E-state index contributed by atoms with van der Waals surface area (Å²) in [6.45, 7) is 4.10. The molecule has 6 heteroatoms. The van der Waals surface area contributed by atoms with Gasteiger partial charge in [-0.1, -0.05) is 30.3 Å². The molecule has 0 bridgehead atoms. The summed E-state index contributed by atoms with van der Waals surface area (Å²) in [6.07, 6.45) is 2.14. The Morgan fingerprint density at radius 2 is 1.73 bits per heavy atom. The van der Waals surface area contributed by atoms with Gasteiger partial charge in [0.2, 0.25) is 0 Å². The molecule has 1 saturated carbocycles. The number of ketones is 2. The van der Waals surface area contributed by atoms with Gasteiger partial charge in [-0.3, -0.25) is 19.4 Å². The summed E-state index contributed by atoms with van der Waals surface area (Å²) in [4.78, 5) is 42.2. The first-order chi connectivity index (χ1) is 15.8. The molecule has 0 spiro atoms. The number of aromatic nitrogens is 1. The molecule has 1 aliphatic carbocycles. The molecular formula is C27H25FN2O3. The molecule has 0 radical (unpaired) electrons. The Morgan fingerprint density at radius 1 is 1.03 bits per heavy atom. The Labute approximate surface area is 192 Å². The molecule has 1 amide bonds. The van der Waals surface area contributed by atoms with Crippen molar-refractivity contribution in [3.05, 3.63) is 89.0 Å². The van der Waals surface area contributed by atoms with E-state index in [2.05, 4.69) is 10.3 Å². The average molecular weight is 445 g/mol. The first-order valence-corrected chi connectivity index (χ1v) is 11.0. The van der Waals surface area contributed by atoms with E-state index in [1.807, 2.05) is 26.0 Å². The van der Waals surface area contributed by atoms with Gasteiger partial charge in [-0.15, -0.1) is 0 Å². The fourth-order valence-corrected chi connectivity index (χ4v) is 4.59. The maximum absolute atomic E-state index is 13.3. The molecule has 1 aliphatic rings. The van der Waals surface area contributed by atoms with E-state index in [0.29, 0.717) is 18.7 Å². The zero-order chi connectivity index (χ0) is 23.5. The Morgan fingerprint density at radius 3 is 2.36 bits per heavy atom. The van der Waals surface area contributed by atoms with Gasteiger partial charge in [-0.05, 0) is 72.4 Å². The van der Waals surface area contributed by atoms with Gasteiger partial charge in [0.15, 0.2) is 5.78 Å². The molecule has 1 aromatic heterocycles. The van der Waals surface area contributed by atoms with Crippen LogP contribution < -0.4 is 5.32 Å². The molecule has 2 unspecified atom stereocenters. The highest BCUT2D eigenvalue weighted by Gasteiger charge is 2.42. The standard InChI is InChI=1S/C27H25FN2O3/c1-16-13-20(18-6-8-21(28)9-7-18)14-17(2)24(16)25-23(31)15-19(26(25)32)10-12-30-27(33)22-5-3-4-11-29-22/h3-9,11,13-14,19,25H,10,12,15H2,1-2H3,(H,30,33). The van der Waals surface area contributed by atoms with Crippen LogP contribution in [-0.4, -0.2) is 29.0 Å². The smallest absolute Gasteiger partial charge is 0.269 e. The Kier molecular flexibility index (Phi) is 6.45. The van der Waals surface area contributed by atoms with Gasteiger partial charge in [0, 0.05) is 25.1 Å². The summed E-state index contributed by atoms with van der Waals surface area (Å²) >= 11 is 0. The van der Waals surface area contributed by atoms with E-state index in [4.69, 9.17) is 0 Å². The van der Waals surface area contributed by atoms with Crippen LogP contribution in [-0.2, 0) is 9.59 Å². The van der Waals surface area contributed by atoms with Crippen molar-refractivity contribution in [3.8, 4) is 11.1 Å². The van der Waals surface area contributed by atoms with Gasteiger partial charge in [0.05, 0.1) is 0 Å². The van der Waals surface area contributed by atoms with E-state index >= 15 is 0 Å². The van der Waals surface area contributed by atoms with E-state index in [9.17, 15) is 18.8 Å². The number of hydrogen-bond donors (Lipinski definition) is 1. The third-order valence-corrected chi connectivity index (χ3v) is 6.19. The molecule has 1 fully saturated rings. The number of carbonyl (C=O) groups is 3. The predicted octanol–water partition coefficient (Wildman–Crippen LogP) is 4.57. The molecule has 168 valence electrons. The summed E-state index contributed by atoms with van der Waals surface area (Å²) in [7, 11) is 0. The number of pyridine rings is 1. The first-order valence-electron chi connectivity index (χ1n) is 11.0. The lowest BCUT2D eigenvalue weighted by molar-refractivity contribution is -0.124. The molecule has 0 aliphatic heterocycles. The second-order valence-corrected chi connectivity index (χ2v) is 8.49. The normalized spacial score (nSPS) is 17.9. The zero-order valence-electron chi connectivity index (χ0n) is 18.6. The van der Waals surface area contributed by atoms with Crippen LogP contribution in [0, 0.1) is 25.6 Å². The summed E-state index contributed by atoms with van der Waals surface area (Å²) in [6, 6.07) is 15.2. The third kappa shape index (κ3) is 4.75. The van der Waals surface area contributed by atoms with Gasteiger partial charge in [-0.2, -0.15) is 0 Å². The molecule has 1 N–H and O–H groups in total. The maximum atomic E-state index is 13.3. The lowest BCUT2D eigenvalue weighted by atomic mass is 9.85. The number of amides is 1. The van der Waals surface area contributed by atoms with Crippen molar-refractivity contribution in [3.63, 3.8) is 0 Å². The largest absolute Gasteiger partial charge is 0.351 e. The van der Waals surface area contributed by atoms with E-state index in [0.717, 1.165) is 27.8 Å². The number of Topliss-reactive ketones (excluding diaryl/α,β-unsaturated/α-hetero) is 2. The van der Waals surface area contributed by atoms with E-state index in [1.54, 1.807) is 36.5 Å². The number of hydrogen-bond acceptors (Lipinski definition) is 4. The highest BCUT2D eigenvalue weighted by molar-refractivity contribution is 6.15. The minimum Gasteiger partial charge on any atom is -0.351 e. The van der Waals surface area contributed by atoms with Crippen LogP contribution in [0.3, 0.4) is 0 Å². The van der Waals surface area contributed by atoms with Crippen molar-refractivity contribution in [2.45, 2.75) is 32.6 Å². The van der Waals surface area contributed by atoms with Crippen LogP contribution in [0.2, 0.25) is 0 Å². The number of nitrogens with one attached hydrogen (secondary N) is 1. The Balaban J connectivity index is 1.47. The van der Waals surface area contributed by atoms with Gasteiger partial charge in [0.1, 0.15) is 23.2 Å². The van der Waals surface area contributed by atoms with E-state index in [-0.39, 0.29) is 29.7 Å².